The fourth-order valence-corrected chi connectivity index (χ4v) is 4.83. The average Bonchev–Trinajstić information content (AvgIpc) is 2.90. The van der Waals surface area contributed by atoms with Gasteiger partial charge in [0.2, 0.25) is 5.91 Å². The van der Waals surface area contributed by atoms with Crippen LogP contribution in [0, 0.1) is 0 Å². The molecule has 1 amide bonds. The summed E-state index contributed by atoms with van der Waals surface area (Å²) >= 11 is 1.75. The Balaban J connectivity index is 1.70. The summed E-state index contributed by atoms with van der Waals surface area (Å²) in [7, 11) is 0. The fraction of sp³-hybridized carbons (Fsp3) is 0.870. The number of carbonyl (C=O) groups excluding carboxylic acids is 1. The van der Waals surface area contributed by atoms with Crippen LogP contribution in [0.2, 0.25) is 0 Å². The van der Waals surface area contributed by atoms with E-state index in [1.54, 1.807) is 11.8 Å². The molecule has 2 aliphatic heterocycles. The second-order valence-corrected chi connectivity index (χ2v) is 10.1. The van der Waals surface area contributed by atoms with Crippen LogP contribution in [-0.4, -0.2) is 141 Å². The Morgan fingerprint density at radius 2 is 1.49 bits per heavy atom. The number of hydrogen-bond donors (Lipinski definition) is 8. The van der Waals surface area contributed by atoms with Crippen molar-refractivity contribution in [2.24, 2.45) is 0 Å². The third-order valence-corrected chi connectivity index (χ3v) is 7.23. The maximum Gasteiger partial charge on any atom is 0.243 e. The average molecular weight is 556 g/mol. The summed E-state index contributed by atoms with van der Waals surface area (Å²) in [6, 6.07) is 0. The number of unbranched alkanes of at least 4 members (excludes halogenated alkanes) is 3. The van der Waals surface area contributed by atoms with E-state index in [0.717, 1.165) is 30.8 Å². The Morgan fingerprint density at radius 1 is 0.838 bits per heavy atom. The number of thioether (sulfide) groups is 1. The largest absolute Gasteiger partial charge is 0.394 e. The molecule has 10 atom stereocenters. The molecule has 0 unspecified atom stereocenters. The summed E-state index contributed by atoms with van der Waals surface area (Å²) in [6.07, 6.45) is -9.83. The van der Waals surface area contributed by atoms with Gasteiger partial charge in [0.15, 0.2) is 12.6 Å². The lowest BCUT2D eigenvalue weighted by Gasteiger charge is -2.45. The molecule has 0 aromatic heterocycles. The first-order valence-corrected chi connectivity index (χ1v) is 13.6. The lowest BCUT2D eigenvalue weighted by molar-refractivity contribution is -0.359. The second-order valence-electron chi connectivity index (χ2n) is 8.90. The van der Waals surface area contributed by atoms with Crippen molar-refractivity contribution < 1.29 is 59.5 Å². The SMILES string of the molecule is C=CC(=O)NCCSCCCCCCO[C@@H]1O[C@H](CO)[C@@H](O[C@@H]2O[C@H](CO)[C@H](O)[C@H](O)[C@H]2O)[C@H](O)[C@H]1O. The molecule has 0 spiro atoms. The molecule has 0 aromatic rings. The highest BCUT2D eigenvalue weighted by Gasteiger charge is 2.50. The summed E-state index contributed by atoms with van der Waals surface area (Å²) in [6.45, 7) is 2.98. The highest BCUT2D eigenvalue weighted by molar-refractivity contribution is 7.99. The first kappa shape index (κ1) is 32.3. The van der Waals surface area contributed by atoms with Gasteiger partial charge in [0.1, 0.15) is 48.8 Å². The number of ether oxygens (including phenoxy) is 4. The van der Waals surface area contributed by atoms with Gasteiger partial charge in [-0.1, -0.05) is 19.4 Å². The number of amides is 1. The van der Waals surface area contributed by atoms with E-state index in [1.807, 2.05) is 0 Å². The first-order chi connectivity index (χ1) is 17.7. The van der Waals surface area contributed by atoms with E-state index in [9.17, 15) is 40.5 Å². The van der Waals surface area contributed by atoms with Crippen LogP contribution in [-0.2, 0) is 23.7 Å². The van der Waals surface area contributed by atoms with Gasteiger partial charge < -0.3 is 60.0 Å². The lowest BCUT2D eigenvalue weighted by Crippen LogP contribution is -2.64. The summed E-state index contributed by atoms with van der Waals surface area (Å²) in [5, 5.41) is 72.8. The summed E-state index contributed by atoms with van der Waals surface area (Å²) < 4.78 is 21.9. The minimum absolute atomic E-state index is 0.178. The number of nitrogens with one attached hydrogen (secondary N) is 1. The second kappa shape index (κ2) is 16.9. The molecule has 0 saturated carbocycles. The standard InChI is InChI=1S/C23H41NO12S/c1-2-15(27)24-7-10-37-9-6-4-3-5-8-33-22-20(32)18(30)21(14(12-26)35-22)36-23-19(31)17(29)16(28)13(11-25)34-23/h2,13-14,16-23,25-26,28-32H,1,3-12H2,(H,24,27)/t13-,14-,16+,17+,18-,19-,20-,21-,22-,23+/m1/s1. The molecule has 216 valence electrons. The maximum absolute atomic E-state index is 11.0. The van der Waals surface area contributed by atoms with Gasteiger partial charge in [0, 0.05) is 18.9 Å². The molecule has 8 N–H and O–H groups in total. The molecule has 13 nitrogen and oxygen atoms in total. The minimum atomic E-state index is -1.72. The Labute approximate surface area is 220 Å². The van der Waals surface area contributed by atoms with Crippen LogP contribution in [0.4, 0.5) is 0 Å². The Bertz CT molecular complexity index is 672. The Hall–Kier alpha value is -0.880. The van der Waals surface area contributed by atoms with E-state index in [1.165, 1.54) is 6.08 Å². The van der Waals surface area contributed by atoms with Gasteiger partial charge in [-0.25, -0.2) is 0 Å². The number of carbonyl (C=O) groups is 1. The third kappa shape index (κ3) is 9.67. The van der Waals surface area contributed by atoms with E-state index in [-0.39, 0.29) is 12.5 Å². The molecule has 2 fully saturated rings. The van der Waals surface area contributed by atoms with Crippen molar-refractivity contribution in [3.05, 3.63) is 12.7 Å². The van der Waals surface area contributed by atoms with Gasteiger partial charge in [-0.15, -0.1) is 0 Å². The van der Waals surface area contributed by atoms with E-state index in [0.29, 0.717) is 13.0 Å². The quantitative estimate of drug-likeness (QED) is 0.0717. The van der Waals surface area contributed by atoms with Gasteiger partial charge in [-0.2, -0.15) is 11.8 Å². The summed E-state index contributed by atoms with van der Waals surface area (Å²) in [5.74, 6) is 1.62. The summed E-state index contributed by atoms with van der Waals surface area (Å²) in [4.78, 5) is 11.0. The van der Waals surface area contributed by atoms with Crippen LogP contribution in [0.1, 0.15) is 25.7 Å². The normalized spacial score (nSPS) is 36.3. The van der Waals surface area contributed by atoms with Crippen LogP contribution in [0.5, 0.6) is 0 Å². The number of aliphatic hydroxyl groups excluding tert-OH is 7. The molecular formula is C23H41NO12S. The van der Waals surface area contributed by atoms with Crippen molar-refractivity contribution >= 4 is 17.7 Å². The van der Waals surface area contributed by atoms with E-state index >= 15 is 0 Å². The predicted molar refractivity (Wildman–Crippen MR) is 131 cm³/mol. The van der Waals surface area contributed by atoms with Crippen molar-refractivity contribution in [2.75, 3.05) is 37.9 Å². The van der Waals surface area contributed by atoms with Crippen molar-refractivity contribution in [3.8, 4) is 0 Å². The maximum atomic E-state index is 11.0. The van der Waals surface area contributed by atoms with Crippen molar-refractivity contribution in [3.63, 3.8) is 0 Å². The summed E-state index contributed by atoms with van der Waals surface area (Å²) in [5.41, 5.74) is 0. The number of hydrogen-bond acceptors (Lipinski definition) is 13. The number of aliphatic hydroxyl groups is 7. The Morgan fingerprint density at radius 3 is 2.16 bits per heavy atom. The predicted octanol–water partition coefficient (Wildman–Crippen LogP) is -2.78. The first-order valence-electron chi connectivity index (χ1n) is 12.4. The van der Waals surface area contributed by atoms with Gasteiger partial charge in [-0.3, -0.25) is 4.79 Å². The zero-order valence-electron chi connectivity index (χ0n) is 20.7. The molecule has 2 saturated heterocycles. The highest BCUT2D eigenvalue weighted by atomic mass is 32.2. The van der Waals surface area contributed by atoms with E-state index in [2.05, 4.69) is 11.9 Å². The fourth-order valence-electron chi connectivity index (χ4n) is 3.97. The van der Waals surface area contributed by atoms with Gasteiger partial charge in [0.05, 0.1) is 13.2 Å². The molecule has 2 heterocycles. The van der Waals surface area contributed by atoms with Gasteiger partial charge in [-0.05, 0) is 24.7 Å². The van der Waals surface area contributed by atoms with E-state index < -0.39 is 74.6 Å². The van der Waals surface area contributed by atoms with Crippen LogP contribution < -0.4 is 5.32 Å². The molecule has 14 heteroatoms. The lowest BCUT2D eigenvalue weighted by atomic mass is 9.97. The molecule has 0 aromatic carbocycles. The smallest absolute Gasteiger partial charge is 0.243 e. The van der Waals surface area contributed by atoms with Crippen molar-refractivity contribution in [2.45, 2.75) is 87.1 Å². The zero-order chi connectivity index (χ0) is 27.4. The van der Waals surface area contributed by atoms with Crippen molar-refractivity contribution in [1.29, 1.82) is 0 Å². The van der Waals surface area contributed by atoms with Crippen LogP contribution in [0.15, 0.2) is 12.7 Å². The monoisotopic (exact) mass is 555 g/mol. The number of rotatable bonds is 16. The van der Waals surface area contributed by atoms with Crippen LogP contribution >= 0.6 is 11.8 Å². The Kier molecular flexibility index (Phi) is 14.8. The molecule has 0 aliphatic carbocycles. The minimum Gasteiger partial charge on any atom is -0.394 e. The molecule has 0 bridgehead atoms. The van der Waals surface area contributed by atoms with Crippen LogP contribution in [0.25, 0.3) is 0 Å². The van der Waals surface area contributed by atoms with Gasteiger partial charge in [0.25, 0.3) is 0 Å². The van der Waals surface area contributed by atoms with Crippen LogP contribution in [0.3, 0.4) is 0 Å². The highest BCUT2D eigenvalue weighted by Crippen LogP contribution is 2.29. The molecule has 37 heavy (non-hydrogen) atoms. The topological polar surface area (TPSA) is 208 Å². The zero-order valence-corrected chi connectivity index (χ0v) is 21.5. The van der Waals surface area contributed by atoms with Gasteiger partial charge >= 0.3 is 0 Å². The molecule has 0 radical (unpaired) electrons. The molecule has 2 aliphatic rings. The van der Waals surface area contributed by atoms with E-state index in [4.69, 9.17) is 18.9 Å². The third-order valence-electron chi connectivity index (χ3n) is 6.16. The molecule has 2 rings (SSSR count). The van der Waals surface area contributed by atoms with Crippen molar-refractivity contribution in [1.82, 2.24) is 5.32 Å². The molecular weight excluding hydrogens is 514 g/mol.